The first-order chi connectivity index (χ1) is 34.0. The van der Waals surface area contributed by atoms with Crippen LogP contribution in [0.15, 0.2) is 48.6 Å². The fourth-order valence-electron chi connectivity index (χ4n) is 8.75. The highest BCUT2D eigenvalue weighted by Gasteiger charge is 2.19. The summed E-state index contributed by atoms with van der Waals surface area (Å²) in [5, 5.41) is 0. The van der Waals surface area contributed by atoms with E-state index in [1.165, 1.54) is 186 Å². The van der Waals surface area contributed by atoms with E-state index < -0.39 is 6.10 Å². The van der Waals surface area contributed by atoms with Crippen LogP contribution in [0, 0.1) is 0 Å². The van der Waals surface area contributed by atoms with Gasteiger partial charge in [0.15, 0.2) is 6.10 Å². The molecule has 0 saturated heterocycles. The lowest BCUT2D eigenvalue weighted by atomic mass is 10.0. The third-order valence-corrected chi connectivity index (χ3v) is 13.3. The van der Waals surface area contributed by atoms with Crippen LogP contribution in [0.2, 0.25) is 0 Å². The zero-order chi connectivity index (χ0) is 50.0. The Balaban J connectivity index is 4.28. The Bertz CT molecular complexity index is 1200. The van der Waals surface area contributed by atoms with Gasteiger partial charge in [0, 0.05) is 19.3 Å². The molecule has 69 heavy (non-hydrogen) atoms. The summed E-state index contributed by atoms with van der Waals surface area (Å²) in [4.78, 5) is 38.2. The van der Waals surface area contributed by atoms with Crippen LogP contribution in [0.25, 0.3) is 0 Å². The third kappa shape index (κ3) is 56.2. The van der Waals surface area contributed by atoms with Gasteiger partial charge in [-0.05, 0) is 77.0 Å². The molecule has 0 bridgehead atoms. The Labute approximate surface area is 428 Å². The Kier molecular flexibility index (Phi) is 55.7. The van der Waals surface area contributed by atoms with Crippen LogP contribution in [0.3, 0.4) is 0 Å². The number of carbonyl (C=O) groups excluding carboxylic acids is 3. The highest BCUT2D eigenvalue weighted by molar-refractivity contribution is 5.71. The number of unbranched alkanes of at least 4 members (excludes halogenated alkanes) is 36. The lowest BCUT2D eigenvalue weighted by Crippen LogP contribution is -2.30. The highest BCUT2D eigenvalue weighted by atomic mass is 16.6. The number of carbonyl (C=O) groups is 3. The van der Waals surface area contributed by atoms with E-state index in [4.69, 9.17) is 14.2 Å². The molecule has 0 N–H and O–H groups in total. The van der Waals surface area contributed by atoms with Gasteiger partial charge in [-0.2, -0.15) is 0 Å². The second-order valence-electron chi connectivity index (χ2n) is 20.3. The summed E-state index contributed by atoms with van der Waals surface area (Å²) in [6, 6.07) is 0. The smallest absolute Gasteiger partial charge is 0.306 e. The summed E-state index contributed by atoms with van der Waals surface area (Å²) < 4.78 is 16.9. The van der Waals surface area contributed by atoms with Crippen LogP contribution >= 0.6 is 0 Å². The van der Waals surface area contributed by atoms with Crippen LogP contribution in [-0.4, -0.2) is 37.2 Å². The van der Waals surface area contributed by atoms with Gasteiger partial charge < -0.3 is 14.2 Å². The molecule has 0 fully saturated rings. The van der Waals surface area contributed by atoms with Gasteiger partial charge in [-0.1, -0.05) is 268 Å². The molecule has 0 aromatic heterocycles. The van der Waals surface area contributed by atoms with Gasteiger partial charge in [-0.15, -0.1) is 0 Å². The van der Waals surface area contributed by atoms with Crippen molar-refractivity contribution in [1.82, 2.24) is 0 Å². The normalized spacial score (nSPS) is 12.3. The lowest BCUT2D eigenvalue weighted by molar-refractivity contribution is -0.167. The fourth-order valence-corrected chi connectivity index (χ4v) is 8.75. The Morgan fingerprint density at radius 2 is 0.551 bits per heavy atom. The summed E-state index contributed by atoms with van der Waals surface area (Å²) in [6.45, 7) is 6.59. The fraction of sp³-hybridized carbons (Fsp3) is 0.825. The minimum absolute atomic E-state index is 0.0756. The Morgan fingerprint density at radius 1 is 0.290 bits per heavy atom. The molecule has 1 unspecified atom stereocenters. The van der Waals surface area contributed by atoms with Gasteiger partial charge in [0.2, 0.25) is 0 Å². The zero-order valence-electron chi connectivity index (χ0n) is 46.1. The molecule has 0 aliphatic rings. The molecular formula is C63H114O6. The van der Waals surface area contributed by atoms with E-state index in [-0.39, 0.29) is 31.1 Å². The molecule has 0 heterocycles. The van der Waals surface area contributed by atoms with Crippen LogP contribution in [0.1, 0.15) is 316 Å². The molecular weight excluding hydrogens is 853 g/mol. The largest absolute Gasteiger partial charge is 0.462 e. The van der Waals surface area contributed by atoms with Crippen molar-refractivity contribution in [3.8, 4) is 0 Å². The van der Waals surface area contributed by atoms with Gasteiger partial charge in [0.05, 0.1) is 0 Å². The molecule has 0 saturated carbocycles. The molecule has 0 aromatic carbocycles. The molecule has 402 valence electrons. The molecule has 0 rings (SSSR count). The molecule has 0 aliphatic heterocycles. The quantitative estimate of drug-likeness (QED) is 0.0262. The topological polar surface area (TPSA) is 78.9 Å². The van der Waals surface area contributed by atoms with Gasteiger partial charge in [0.1, 0.15) is 13.2 Å². The number of rotatable bonds is 55. The first-order valence-corrected chi connectivity index (χ1v) is 30.1. The van der Waals surface area contributed by atoms with Crippen molar-refractivity contribution in [2.75, 3.05) is 13.2 Å². The van der Waals surface area contributed by atoms with Crippen molar-refractivity contribution >= 4 is 17.9 Å². The maximum absolute atomic E-state index is 12.9. The maximum Gasteiger partial charge on any atom is 0.306 e. The SMILES string of the molecule is CCC/C=C\C/C=C\CCCCCCCC(=O)OCC(COC(=O)CCCCCCCCCCCCC/C=C\C/C=C\CCCCCCC)OC(=O)CCCCCCCCCCCCCCCCC. The van der Waals surface area contributed by atoms with Crippen LogP contribution < -0.4 is 0 Å². The van der Waals surface area contributed by atoms with Gasteiger partial charge in [-0.25, -0.2) is 0 Å². The van der Waals surface area contributed by atoms with E-state index in [2.05, 4.69) is 69.4 Å². The summed E-state index contributed by atoms with van der Waals surface area (Å²) in [5.74, 6) is -0.875. The Hall–Kier alpha value is -2.63. The predicted octanol–water partition coefficient (Wildman–Crippen LogP) is 20.2. The molecule has 6 heteroatoms. The molecule has 0 radical (unpaired) electrons. The second-order valence-corrected chi connectivity index (χ2v) is 20.3. The van der Waals surface area contributed by atoms with Crippen molar-refractivity contribution in [3.05, 3.63) is 48.6 Å². The second kappa shape index (κ2) is 57.9. The van der Waals surface area contributed by atoms with E-state index >= 15 is 0 Å². The van der Waals surface area contributed by atoms with Gasteiger partial charge in [-0.3, -0.25) is 14.4 Å². The van der Waals surface area contributed by atoms with Crippen molar-refractivity contribution in [2.45, 2.75) is 322 Å². The summed E-state index contributed by atoms with van der Waals surface area (Å²) in [6.07, 6.45) is 71.1. The molecule has 0 aliphatic carbocycles. The number of allylic oxidation sites excluding steroid dienone is 8. The molecule has 0 aromatic rings. The third-order valence-electron chi connectivity index (χ3n) is 13.3. The Morgan fingerprint density at radius 3 is 0.855 bits per heavy atom. The van der Waals surface area contributed by atoms with Gasteiger partial charge >= 0.3 is 17.9 Å². The minimum atomic E-state index is -0.777. The van der Waals surface area contributed by atoms with E-state index in [1.54, 1.807) is 0 Å². The summed E-state index contributed by atoms with van der Waals surface area (Å²) >= 11 is 0. The first-order valence-electron chi connectivity index (χ1n) is 30.1. The number of esters is 3. The van der Waals surface area contributed by atoms with E-state index in [9.17, 15) is 14.4 Å². The minimum Gasteiger partial charge on any atom is -0.462 e. The molecule has 0 spiro atoms. The van der Waals surface area contributed by atoms with Crippen molar-refractivity contribution in [3.63, 3.8) is 0 Å². The van der Waals surface area contributed by atoms with Crippen LogP contribution in [0.4, 0.5) is 0 Å². The average Bonchev–Trinajstić information content (AvgIpc) is 3.35. The first kappa shape index (κ1) is 66.4. The average molecular weight is 968 g/mol. The molecule has 1 atom stereocenters. The summed E-state index contributed by atoms with van der Waals surface area (Å²) in [7, 11) is 0. The lowest BCUT2D eigenvalue weighted by Gasteiger charge is -2.18. The number of ether oxygens (including phenoxy) is 3. The van der Waals surface area contributed by atoms with E-state index in [0.717, 1.165) is 89.9 Å². The van der Waals surface area contributed by atoms with Crippen molar-refractivity contribution < 1.29 is 28.6 Å². The van der Waals surface area contributed by atoms with E-state index in [0.29, 0.717) is 19.3 Å². The molecule has 0 amide bonds. The van der Waals surface area contributed by atoms with Gasteiger partial charge in [0.25, 0.3) is 0 Å². The van der Waals surface area contributed by atoms with Crippen LogP contribution in [-0.2, 0) is 28.6 Å². The van der Waals surface area contributed by atoms with Crippen molar-refractivity contribution in [1.29, 1.82) is 0 Å². The van der Waals surface area contributed by atoms with E-state index in [1.807, 2.05) is 0 Å². The molecule has 6 nitrogen and oxygen atoms in total. The number of hydrogen-bond acceptors (Lipinski definition) is 6. The number of hydrogen-bond donors (Lipinski definition) is 0. The zero-order valence-corrected chi connectivity index (χ0v) is 46.1. The predicted molar refractivity (Wildman–Crippen MR) is 298 cm³/mol. The maximum atomic E-state index is 12.9. The monoisotopic (exact) mass is 967 g/mol. The highest BCUT2D eigenvalue weighted by Crippen LogP contribution is 2.17. The standard InChI is InChI=1S/C63H114O6/c1-4-7-10-13-16-19-22-25-27-28-29-30-31-32-33-34-36-38-41-44-47-50-53-56-62(65)68-59-60(58-67-61(64)55-52-49-46-43-40-37-24-21-18-15-12-9-6-3)69-63(66)57-54-51-48-45-42-39-35-26-23-20-17-14-11-8-5-2/h12,15,21-22,24-25,28-29,60H,4-11,13-14,16-20,23,26-27,30-59H2,1-3H3/b15-12-,24-21-,25-22-,29-28-. The summed E-state index contributed by atoms with van der Waals surface area (Å²) in [5.41, 5.74) is 0. The van der Waals surface area contributed by atoms with Crippen molar-refractivity contribution in [2.24, 2.45) is 0 Å². The van der Waals surface area contributed by atoms with Crippen LogP contribution in [0.5, 0.6) is 0 Å².